The monoisotopic (exact) mass is 656 g/mol. The number of halogens is 1. The summed E-state index contributed by atoms with van der Waals surface area (Å²) in [5.74, 6) is 1.55. The Labute approximate surface area is 216 Å². The summed E-state index contributed by atoms with van der Waals surface area (Å²) in [4.78, 5) is 0. The van der Waals surface area contributed by atoms with Crippen LogP contribution in [0.1, 0.15) is 118 Å². The topological polar surface area (TPSA) is 0 Å². The Morgan fingerprint density at radius 1 is 0.688 bits per heavy atom. The molecule has 2 aromatic rings. The molecule has 2 aromatic carbocycles. The van der Waals surface area contributed by atoms with E-state index in [1.807, 2.05) is 0 Å². The molecule has 0 fully saturated rings. The maximum absolute atomic E-state index is 4.58. The van der Waals surface area contributed by atoms with Crippen molar-refractivity contribution in [1.29, 1.82) is 0 Å². The van der Waals surface area contributed by atoms with Crippen molar-refractivity contribution in [2.24, 2.45) is 0 Å². The van der Waals surface area contributed by atoms with Crippen molar-refractivity contribution < 1.29 is 20.0 Å². The summed E-state index contributed by atoms with van der Waals surface area (Å²) in [5.41, 5.74) is 7.46. The fourth-order valence-electron chi connectivity index (χ4n) is 4.88. The quantitative estimate of drug-likeness (QED) is 0.222. The molecule has 0 heterocycles. The second kappa shape index (κ2) is 12.0. The molecule has 0 amide bonds. The van der Waals surface area contributed by atoms with Gasteiger partial charge in [0, 0.05) is 0 Å². The van der Waals surface area contributed by atoms with Crippen molar-refractivity contribution in [2.75, 3.05) is 0 Å². The summed E-state index contributed by atoms with van der Waals surface area (Å²) >= 11 is 1.75. The van der Waals surface area contributed by atoms with E-state index in [0.717, 1.165) is 0 Å². The van der Waals surface area contributed by atoms with Crippen molar-refractivity contribution in [3.8, 4) is 11.1 Å². The van der Waals surface area contributed by atoms with Crippen LogP contribution in [0, 0.1) is 0 Å². The summed E-state index contributed by atoms with van der Waals surface area (Å²) in [6, 6.07) is 14.3. The van der Waals surface area contributed by atoms with Crippen LogP contribution in [-0.4, -0.2) is 10.3 Å². The van der Waals surface area contributed by atoms with Crippen molar-refractivity contribution in [1.82, 2.24) is 0 Å². The van der Waals surface area contributed by atoms with E-state index in [2.05, 4.69) is 129 Å². The van der Waals surface area contributed by atoms with E-state index in [1.54, 1.807) is 25.3 Å². The first kappa shape index (κ1) is 29.9. The third-order valence-corrected chi connectivity index (χ3v) is 9.44. The minimum absolute atomic E-state index is 0.248. The molecule has 0 bridgehead atoms. The zero-order valence-electron chi connectivity index (χ0n) is 22.3. The van der Waals surface area contributed by atoms with Gasteiger partial charge in [-0.1, -0.05) is 127 Å². The van der Waals surface area contributed by atoms with Crippen LogP contribution in [0.2, 0.25) is 0 Å². The Morgan fingerprint density at radius 2 is 1.09 bits per heavy atom. The molecule has 3 heteroatoms. The summed E-state index contributed by atoms with van der Waals surface area (Å²) in [7, 11) is 4.22. The van der Waals surface area contributed by atoms with Crippen LogP contribution < -0.4 is 5.30 Å². The molecule has 32 heavy (non-hydrogen) atoms. The van der Waals surface area contributed by atoms with E-state index < -0.39 is 0 Å². The molecule has 0 unspecified atom stereocenters. The first-order valence-corrected chi connectivity index (χ1v) is 15.9. The van der Waals surface area contributed by atoms with Gasteiger partial charge < -0.3 is 0 Å². The van der Waals surface area contributed by atoms with Gasteiger partial charge in [0.1, 0.15) is 0 Å². The molecular weight excluding hydrogens is 612 g/mol. The van der Waals surface area contributed by atoms with E-state index in [0.29, 0.717) is 17.8 Å². The predicted octanol–water partition coefficient (Wildman–Crippen LogP) is 10.1. The van der Waals surface area contributed by atoms with Crippen molar-refractivity contribution in [3.63, 3.8) is 0 Å². The van der Waals surface area contributed by atoms with Crippen LogP contribution in [0.4, 0.5) is 0 Å². The van der Waals surface area contributed by atoms with Gasteiger partial charge in [0.05, 0.1) is 0 Å². The molecule has 0 aliphatic rings. The van der Waals surface area contributed by atoms with Crippen LogP contribution in [0.25, 0.3) is 11.1 Å². The van der Waals surface area contributed by atoms with Crippen LogP contribution >= 0.6 is 17.1 Å². The molecule has 0 N–H and O–H groups in total. The molecule has 0 aliphatic carbocycles. The van der Waals surface area contributed by atoms with E-state index in [4.69, 9.17) is 0 Å². The van der Waals surface area contributed by atoms with Gasteiger partial charge in [0.2, 0.25) is 0 Å². The third-order valence-electron chi connectivity index (χ3n) is 5.89. The maximum atomic E-state index is 4.58. The van der Waals surface area contributed by atoms with E-state index >= 15 is 0 Å². The summed E-state index contributed by atoms with van der Waals surface area (Å²) < 4.78 is 0. The molecule has 0 saturated carbocycles. The first-order valence-electron chi connectivity index (χ1n) is 11.8. The molecule has 2 rings (SSSR count). The Balaban J connectivity index is 0.00000249. The minimum atomic E-state index is -0.366. The van der Waals surface area contributed by atoms with E-state index in [-0.39, 0.29) is 18.2 Å². The van der Waals surface area contributed by atoms with E-state index in [1.165, 1.54) is 27.8 Å². The SMILES string of the molecule is CC(C)c1cc(C(C)C)c(-c2ccccc2P(C(C)(C)C)C(C)(C)C)c(C(C)C)c1.[Cl][Au]. The van der Waals surface area contributed by atoms with Gasteiger partial charge in [-0.15, -0.1) is 0 Å². The molecule has 184 valence electrons. The Kier molecular flexibility index (Phi) is 11.3. The third kappa shape index (κ3) is 7.20. The molecule has 0 saturated heterocycles. The van der Waals surface area contributed by atoms with E-state index in [9.17, 15) is 0 Å². The first-order chi connectivity index (χ1) is 14.7. The van der Waals surface area contributed by atoms with Gasteiger partial charge in [-0.3, -0.25) is 0 Å². The molecule has 0 aliphatic heterocycles. The molecule has 0 spiro atoms. The van der Waals surface area contributed by atoms with Crippen LogP contribution in [0.15, 0.2) is 36.4 Å². The van der Waals surface area contributed by atoms with Gasteiger partial charge in [-0.05, 0) is 61.2 Å². The Morgan fingerprint density at radius 3 is 1.44 bits per heavy atom. The standard InChI is InChI=1S/C29H45P.Au.ClH/c1-19(2)22-17-24(20(3)4)27(25(18-22)21(5)6)23-15-13-14-16-26(23)30(28(7,8)9)29(10,11)12;;/h13-21H,1-12H3;;1H/q;+1;/p-1. The van der Waals surface area contributed by atoms with Crippen LogP contribution in [-0.2, 0) is 20.0 Å². The Bertz CT molecular complexity index is 826. The molecule has 0 nitrogen and oxygen atoms in total. The fourth-order valence-corrected chi connectivity index (χ4v) is 9.00. The molecular formula is C29H45AuClP. The summed E-state index contributed by atoms with van der Waals surface area (Å²) in [6.45, 7) is 28.6. The summed E-state index contributed by atoms with van der Waals surface area (Å²) in [6.07, 6.45) is 0. The van der Waals surface area contributed by atoms with Crippen molar-refractivity contribution >= 4 is 22.4 Å². The fraction of sp³-hybridized carbons (Fsp3) is 0.586. The number of rotatable bonds is 5. The number of hydrogen-bond acceptors (Lipinski definition) is 0. The van der Waals surface area contributed by atoms with Crippen LogP contribution in [0.5, 0.6) is 0 Å². The Hall–Kier alpha value is -0.0997. The average molecular weight is 657 g/mol. The number of hydrogen-bond donors (Lipinski definition) is 0. The van der Waals surface area contributed by atoms with Gasteiger partial charge in [0.25, 0.3) is 0 Å². The predicted molar refractivity (Wildman–Crippen MR) is 146 cm³/mol. The van der Waals surface area contributed by atoms with Gasteiger partial charge in [-0.2, -0.15) is 0 Å². The average Bonchev–Trinajstić information content (AvgIpc) is 2.66. The van der Waals surface area contributed by atoms with Crippen LogP contribution in [0.3, 0.4) is 0 Å². The number of benzene rings is 2. The van der Waals surface area contributed by atoms with Crippen molar-refractivity contribution in [3.05, 3.63) is 53.1 Å². The summed E-state index contributed by atoms with van der Waals surface area (Å²) in [5, 5.41) is 2.06. The van der Waals surface area contributed by atoms with Crippen molar-refractivity contribution in [2.45, 2.75) is 111 Å². The van der Waals surface area contributed by atoms with Gasteiger partial charge in [0.15, 0.2) is 0 Å². The second-order valence-corrected chi connectivity index (χ2v) is 15.6. The normalized spacial score (nSPS) is 12.6. The zero-order chi connectivity index (χ0) is 25.0. The molecule has 0 atom stereocenters. The van der Waals surface area contributed by atoms with Gasteiger partial charge >= 0.3 is 29.2 Å². The molecule has 0 aromatic heterocycles. The van der Waals surface area contributed by atoms with Gasteiger partial charge in [-0.25, -0.2) is 0 Å². The second-order valence-electron chi connectivity index (χ2n) is 11.7. The molecule has 0 radical (unpaired) electrons. The zero-order valence-corrected chi connectivity index (χ0v) is 26.1.